The average Bonchev–Trinajstić information content (AvgIpc) is 2.56. The van der Waals surface area contributed by atoms with E-state index in [1.165, 1.54) is 12.1 Å². The van der Waals surface area contributed by atoms with E-state index in [0.717, 1.165) is 5.56 Å². The van der Waals surface area contributed by atoms with Crippen LogP contribution in [0.25, 0.3) is 0 Å². The maximum Gasteiger partial charge on any atom is 0.450 e. The Morgan fingerprint density at radius 2 is 1.84 bits per heavy atom. The standard InChI is InChI=1S/C16H17ClF4N2O2/c17-15(9-14(24)16(19,20)21)22-10-13(23-5-7-25-8-6-23)11-1-3-12(18)4-2-11/h1-4,13H,5-10H2/t13-/m1/s1. The number of morpholine rings is 1. The van der Waals surface area contributed by atoms with Gasteiger partial charge in [-0.2, -0.15) is 13.2 Å². The lowest BCUT2D eigenvalue weighted by Crippen LogP contribution is -2.40. The normalized spacial score (nSPS) is 18.2. The first-order valence-corrected chi connectivity index (χ1v) is 8.01. The number of hydrogen-bond donors (Lipinski definition) is 0. The lowest BCUT2D eigenvalue weighted by atomic mass is 10.0. The summed E-state index contributed by atoms with van der Waals surface area (Å²) in [4.78, 5) is 16.9. The third-order valence-electron chi connectivity index (χ3n) is 3.80. The van der Waals surface area contributed by atoms with Gasteiger partial charge in [0.1, 0.15) is 11.0 Å². The van der Waals surface area contributed by atoms with Gasteiger partial charge in [-0.25, -0.2) is 4.39 Å². The van der Waals surface area contributed by atoms with Crippen molar-refractivity contribution < 1.29 is 27.1 Å². The van der Waals surface area contributed by atoms with Crippen molar-refractivity contribution in [3.8, 4) is 0 Å². The molecule has 2 rings (SSSR count). The van der Waals surface area contributed by atoms with Crippen molar-refractivity contribution in [1.82, 2.24) is 4.90 Å². The molecule has 0 N–H and O–H groups in total. The van der Waals surface area contributed by atoms with Crippen LogP contribution in [0.15, 0.2) is 29.3 Å². The van der Waals surface area contributed by atoms with E-state index in [4.69, 9.17) is 16.3 Å². The molecule has 0 aliphatic carbocycles. The van der Waals surface area contributed by atoms with Crippen molar-refractivity contribution in [3.63, 3.8) is 0 Å². The molecule has 4 nitrogen and oxygen atoms in total. The van der Waals surface area contributed by atoms with E-state index in [1.54, 1.807) is 12.1 Å². The van der Waals surface area contributed by atoms with Gasteiger partial charge in [-0.15, -0.1) is 0 Å². The minimum absolute atomic E-state index is 0.0651. The molecule has 0 radical (unpaired) electrons. The largest absolute Gasteiger partial charge is 0.450 e. The van der Waals surface area contributed by atoms with Gasteiger partial charge < -0.3 is 4.74 Å². The van der Waals surface area contributed by atoms with Gasteiger partial charge in [0.05, 0.1) is 32.2 Å². The van der Waals surface area contributed by atoms with E-state index in [9.17, 15) is 22.4 Å². The molecule has 1 atom stereocenters. The first-order valence-electron chi connectivity index (χ1n) is 7.63. The zero-order valence-corrected chi connectivity index (χ0v) is 14.0. The molecule has 0 bridgehead atoms. The maximum atomic E-state index is 13.1. The van der Waals surface area contributed by atoms with Crippen LogP contribution >= 0.6 is 11.6 Å². The summed E-state index contributed by atoms with van der Waals surface area (Å²) < 4.78 is 55.3. The first kappa shape index (κ1) is 19.8. The molecule has 1 aromatic carbocycles. The molecule has 1 aromatic rings. The van der Waals surface area contributed by atoms with Crippen molar-refractivity contribution >= 4 is 22.6 Å². The summed E-state index contributed by atoms with van der Waals surface area (Å²) in [5.41, 5.74) is 0.763. The Morgan fingerprint density at radius 1 is 1.24 bits per heavy atom. The molecule has 1 fully saturated rings. The van der Waals surface area contributed by atoms with E-state index < -0.39 is 23.6 Å². The number of aliphatic imine (C=N–C) groups is 1. The van der Waals surface area contributed by atoms with E-state index in [0.29, 0.717) is 26.3 Å². The highest BCUT2D eigenvalue weighted by molar-refractivity contribution is 6.66. The van der Waals surface area contributed by atoms with Crippen molar-refractivity contribution in [2.45, 2.75) is 18.6 Å². The predicted molar refractivity (Wildman–Crippen MR) is 85.4 cm³/mol. The number of nitrogens with zero attached hydrogens (tertiary/aromatic N) is 2. The highest BCUT2D eigenvalue weighted by Crippen LogP contribution is 2.24. The minimum atomic E-state index is -4.93. The van der Waals surface area contributed by atoms with Gasteiger partial charge in [0.15, 0.2) is 0 Å². The number of alkyl halides is 3. The summed E-state index contributed by atoms with van der Waals surface area (Å²) in [6, 6.07) is 5.52. The molecule has 0 saturated carbocycles. The van der Waals surface area contributed by atoms with Crippen LogP contribution in [0, 0.1) is 5.82 Å². The molecule has 1 heterocycles. The average molecular weight is 381 g/mol. The predicted octanol–water partition coefficient (Wildman–Crippen LogP) is 3.36. The van der Waals surface area contributed by atoms with Crippen molar-refractivity contribution in [3.05, 3.63) is 35.6 Å². The van der Waals surface area contributed by atoms with Gasteiger partial charge in [-0.05, 0) is 17.7 Å². The second-order valence-electron chi connectivity index (χ2n) is 5.53. The monoisotopic (exact) mass is 380 g/mol. The van der Waals surface area contributed by atoms with Gasteiger partial charge >= 0.3 is 6.18 Å². The Morgan fingerprint density at radius 3 is 2.40 bits per heavy atom. The molecule has 0 unspecified atom stereocenters. The molecule has 1 saturated heterocycles. The third-order valence-corrected chi connectivity index (χ3v) is 4.05. The zero-order chi connectivity index (χ0) is 18.4. The SMILES string of the molecule is O=C(CC(Cl)=NC[C@H](c1ccc(F)cc1)N1CCOCC1)C(F)(F)F. The number of carbonyl (C=O) groups excluding carboxylic acids is 1. The summed E-state index contributed by atoms with van der Waals surface area (Å²) in [7, 11) is 0. The number of hydrogen-bond acceptors (Lipinski definition) is 4. The number of ketones is 1. The second kappa shape index (κ2) is 8.73. The fraction of sp³-hybridized carbons (Fsp3) is 0.500. The number of ether oxygens (including phenoxy) is 1. The molecule has 1 aliphatic rings. The summed E-state index contributed by atoms with van der Waals surface area (Å²) >= 11 is 5.70. The van der Waals surface area contributed by atoms with Crippen LogP contribution in [0.2, 0.25) is 0 Å². The van der Waals surface area contributed by atoms with E-state index in [2.05, 4.69) is 4.99 Å². The second-order valence-corrected chi connectivity index (χ2v) is 5.97. The fourth-order valence-corrected chi connectivity index (χ4v) is 2.67. The Labute approximate surface area is 147 Å². The molecular formula is C16H17ClF4N2O2. The van der Waals surface area contributed by atoms with Crippen molar-refractivity contribution in [2.75, 3.05) is 32.8 Å². The topological polar surface area (TPSA) is 41.9 Å². The molecule has 0 spiro atoms. The zero-order valence-electron chi connectivity index (χ0n) is 13.2. The molecule has 0 aromatic heterocycles. The number of rotatable bonds is 6. The number of Topliss-reactive ketones (excluding diaryl/α,β-unsaturated/α-hetero) is 1. The van der Waals surface area contributed by atoms with E-state index in [1.807, 2.05) is 4.90 Å². The molecule has 25 heavy (non-hydrogen) atoms. The molecule has 138 valence electrons. The quantitative estimate of drug-likeness (QED) is 0.561. The van der Waals surface area contributed by atoms with Gasteiger partial charge in [0.25, 0.3) is 0 Å². The van der Waals surface area contributed by atoms with Crippen LogP contribution in [-0.2, 0) is 9.53 Å². The van der Waals surface area contributed by atoms with E-state index >= 15 is 0 Å². The molecular weight excluding hydrogens is 364 g/mol. The van der Waals surface area contributed by atoms with Crippen LogP contribution in [0.1, 0.15) is 18.0 Å². The van der Waals surface area contributed by atoms with Gasteiger partial charge in [0, 0.05) is 13.1 Å². The minimum Gasteiger partial charge on any atom is -0.379 e. The highest BCUT2D eigenvalue weighted by Gasteiger charge is 2.38. The van der Waals surface area contributed by atoms with Crippen molar-refractivity contribution in [2.24, 2.45) is 4.99 Å². The fourth-order valence-electron chi connectivity index (χ4n) is 2.48. The molecule has 1 aliphatic heterocycles. The van der Waals surface area contributed by atoms with Crippen LogP contribution in [-0.4, -0.2) is 54.9 Å². The molecule has 0 amide bonds. The number of carbonyl (C=O) groups is 1. The Balaban J connectivity index is 2.11. The van der Waals surface area contributed by atoms with E-state index in [-0.39, 0.29) is 18.4 Å². The third kappa shape index (κ3) is 6.05. The Kier molecular flexibility index (Phi) is 6.92. The lowest BCUT2D eigenvalue weighted by Gasteiger charge is -2.34. The van der Waals surface area contributed by atoms with Crippen LogP contribution in [0.4, 0.5) is 17.6 Å². The number of halogens is 5. The molecule has 9 heteroatoms. The van der Waals surface area contributed by atoms with Crippen molar-refractivity contribution in [1.29, 1.82) is 0 Å². The van der Waals surface area contributed by atoms with Gasteiger partial charge in [0.2, 0.25) is 5.78 Å². The number of benzene rings is 1. The van der Waals surface area contributed by atoms with Gasteiger partial charge in [-0.1, -0.05) is 23.7 Å². The summed E-state index contributed by atoms with van der Waals surface area (Å²) in [6.45, 7) is 2.31. The summed E-state index contributed by atoms with van der Waals surface area (Å²) in [5.74, 6) is -2.33. The highest BCUT2D eigenvalue weighted by atomic mass is 35.5. The Hall–Kier alpha value is -1.51. The maximum absolute atomic E-state index is 13.1. The van der Waals surface area contributed by atoms with Crippen LogP contribution in [0.5, 0.6) is 0 Å². The first-order chi connectivity index (χ1) is 11.8. The van der Waals surface area contributed by atoms with Gasteiger partial charge in [-0.3, -0.25) is 14.7 Å². The van der Waals surface area contributed by atoms with Crippen LogP contribution < -0.4 is 0 Å². The summed E-state index contributed by atoms with van der Waals surface area (Å²) in [6.07, 6.45) is -5.92. The summed E-state index contributed by atoms with van der Waals surface area (Å²) in [5, 5.41) is -0.400. The smallest absolute Gasteiger partial charge is 0.379 e. The Bertz CT molecular complexity index is 614. The lowest BCUT2D eigenvalue weighted by molar-refractivity contribution is -0.169. The van der Waals surface area contributed by atoms with Crippen LogP contribution in [0.3, 0.4) is 0 Å².